The lowest BCUT2D eigenvalue weighted by Crippen LogP contribution is -2.57. The maximum absolute atomic E-state index is 12.2. The van der Waals surface area contributed by atoms with Crippen LogP contribution in [-0.2, 0) is 19.1 Å². The minimum absolute atomic E-state index is 0.0119. The maximum Gasteiger partial charge on any atom is 0.306 e. The van der Waals surface area contributed by atoms with Crippen LogP contribution in [0.15, 0.2) is 11.6 Å². The molecule has 1 saturated heterocycles. The zero-order valence-corrected chi connectivity index (χ0v) is 18.6. The summed E-state index contributed by atoms with van der Waals surface area (Å²) in [5, 5.41) is 0.409. The second-order valence-electron chi connectivity index (χ2n) is 10.7. The molecule has 0 N–H and O–H groups in total. The molecule has 0 aromatic rings. The molecule has 7 atom stereocenters. The molecule has 5 rings (SSSR count). The zero-order chi connectivity index (χ0) is 20.6. The van der Waals surface area contributed by atoms with Crippen molar-refractivity contribution in [3.05, 3.63) is 11.6 Å². The van der Waals surface area contributed by atoms with Crippen LogP contribution in [0.3, 0.4) is 0 Å². The van der Waals surface area contributed by atoms with Gasteiger partial charge in [0.1, 0.15) is 5.60 Å². The first kappa shape index (κ1) is 19.8. The summed E-state index contributed by atoms with van der Waals surface area (Å²) < 4.78 is 6.06. The predicted octanol–water partition coefficient (Wildman–Crippen LogP) is 4.85. The molecule has 1 aliphatic heterocycles. The van der Waals surface area contributed by atoms with Crippen molar-refractivity contribution >= 4 is 28.6 Å². The van der Waals surface area contributed by atoms with E-state index in [0.29, 0.717) is 30.6 Å². The Bertz CT molecular complexity index is 818. The van der Waals surface area contributed by atoms with Gasteiger partial charge in [-0.05, 0) is 74.2 Å². The van der Waals surface area contributed by atoms with Crippen LogP contribution in [0.1, 0.15) is 78.6 Å². The average molecular weight is 417 g/mol. The summed E-state index contributed by atoms with van der Waals surface area (Å²) in [6.45, 7) is 6.42. The summed E-state index contributed by atoms with van der Waals surface area (Å²) in [7, 11) is 0. The lowest BCUT2D eigenvalue weighted by atomic mass is 9.46. The van der Waals surface area contributed by atoms with Crippen LogP contribution >= 0.6 is 11.8 Å². The van der Waals surface area contributed by atoms with Crippen molar-refractivity contribution in [3.8, 4) is 0 Å². The maximum atomic E-state index is 12.2. The molecule has 4 fully saturated rings. The lowest BCUT2D eigenvalue weighted by molar-refractivity contribution is -0.167. The van der Waals surface area contributed by atoms with Crippen molar-refractivity contribution in [2.75, 3.05) is 0 Å². The van der Waals surface area contributed by atoms with Crippen molar-refractivity contribution in [1.29, 1.82) is 0 Å². The minimum atomic E-state index is -0.287. The van der Waals surface area contributed by atoms with E-state index in [1.54, 1.807) is 6.92 Å². The standard InChI is InChI=1S/C24H32O4S/c1-14(25)29-19-13-15-12-16(26)4-8-22(15,2)17-5-9-23(3)18(21(17)19)6-10-24(23)11-7-20(27)28-24/h12,17-19,21H,4-11,13H2,1-3H3/t17-,18?,19+,21+,22-,23-,24+/m0/s1. The topological polar surface area (TPSA) is 60.4 Å². The summed E-state index contributed by atoms with van der Waals surface area (Å²) in [6.07, 6.45) is 10.0. The van der Waals surface area contributed by atoms with Gasteiger partial charge in [0.25, 0.3) is 0 Å². The molecule has 5 aliphatic rings. The minimum Gasteiger partial charge on any atom is -0.458 e. The van der Waals surface area contributed by atoms with Gasteiger partial charge >= 0.3 is 5.97 Å². The number of ether oxygens (including phenoxy) is 1. The second kappa shape index (κ2) is 6.45. The normalized spacial score (nSPS) is 48.6. The van der Waals surface area contributed by atoms with Crippen LogP contribution in [0.25, 0.3) is 0 Å². The lowest BCUT2D eigenvalue weighted by Gasteiger charge is -2.61. The first-order chi connectivity index (χ1) is 13.7. The molecular formula is C24H32O4S. The van der Waals surface area contributed by atoms with Crippen LogP contribution < -0.4 is 0 Å². The summed E-state index contributed by atoms with van der Waals surface area (Å²) in [4.78, 5) is 36.4. The molecule has 0 aromatic heterocycles. The number of ketones is 1. The highest BCUT2D eigenvalue weighted by atomic mass is 32.2. The number of carbonyl (C=O) groups is 3. The number of rotatable bonds is 1. The van der Waals surface area contributed by atoms with E-state index in [1.165, 1.54) is 17.3 Å². The molecule has 4 aliphatic carbocycles. The molecule has 3 saturated carbocycles. The predicted molar refractivity (Wildman–Crippen MR) is 112 cm³/mol. The molecule has 4 nitrogen and oxygen atoms in total. The van der Waals surface area contributed by atoms with Gasteiger partial charge in [-0.15, -0.1) is 0 Å². The van der Waals surface area contributed by atoms with E-state index < -0.39 is 0 Å². The number of hydrogen-bond donors (Lipinski definition) is 0. The number of esters is 1. The summed E-state index contributed by atoms with van der Waals surface area (Å²) in [5.74, 6) is 1.67. The van der Waals surface area contributed by atoms with E-state index >= 15 is 0 Å². The van der Waals surface area contributed by atoms with Crippen LogP contribution in [-0.4, -0.2) is 27.7 Å². The molecule has 1 spiro atoms. The van der Waals surface area contributed by atoms with Crippen LogP contribution in [0.5, 0.6) is 0 Å². The SMILES string of the molecule is CC(=O)S[C@@H]1CC2=CC(=O)CC[C@]2(C)[C@H]2CC[C@@]3(C)C(CC[C@@]34CCC(=O)O4)[C@H]12. The fourth-order valence-corrected chi connectivity index (χ4v) is 9.36. The Morgan fingerprint density at radius 3 is 2.52 bits per heavy atom. The van der Waals surface area contributed by atoms with E-state index in [9.17, 15) is 14.4 Å². The largest absolute Gasteiger partial charge is 0.458 e. The molecule has 1 heterocycles. The van der Waals surface area contributed by atoms with E-state index in [-0.39, 0.29) is 38.5 Å². The number of allylic oxidation sites excluding steroid dienone is 1. The molecular weight excluding hydrogens is 384 g/mol. The van der Waals surface area contributed by atoms with Crippen molar-refractivity contribution in [1.82, 2.24) is 0 Å². The van der Waals surface area contributed by atoms with Gasteiger partial charge in [0, 0.05) is 30.4 Å². The molecule has 5 heteroatoms. The van der Waals surface area contributed by atoms with Crippen molar-refractivity contribution < 1.29 is 19.1 Å². The van der Waals surface area contributed by atoms with Gasteiger partial charge in [0.15, 0.2) is 10.9 Å². The highest BCUT2D eigenvalue weighted by molar-refractivity contribution is 8.14. The summed E-state index contributed by atoms with van der Waals surface area (Å²) in [6, 6.07) is 0. The fraction of sp³-hybridized carbons (Fsp3) is 0.792. The van der Waals surface area contributed by atoms with E-state index in [2.05, 4.69) is 13.8 Å². The van der Waals surface area contributed by atoms with Gasteiger partial charge in [-0.2, -0.15) is 0 Å². The molecule has 29 heavy (non-hydrogen) atoms. The van der Waals surface area contributed by atoms with Gasteiger partial charge < -0.3 is 4.74 Å². The number of carbonyl (C=O) groups excluding carboxylic acids is 3. The average Bonchev–Trinajstić information content (AvgIpc) is 3.17. The van der Waals surface area contributed by atoms with Crippen LogP contribution in [0.2, 0.25) is 0 Å². The van der Waals surface area contributed by atoms with Crippen molar-refractivity contribution in [3.63, 3.8) is 0 Å². The Morgan fingerprint density at radius 2 is 1.83 bits per heavy atom. The Kier molecular flexibility index (Phi) is 4.41. The van der Waals surface area contributed by atoms with Gasteiger partial charge in [0.2, 0.25) is 0 Å². The Labute approximate surface area is 177 Å². The Morgan fingerprint density at radius 1 is 1.07 bits per heavy atom. The van der Waals surface area contributed by atoms with Gasteiger partial charge in [-0.3, -0.25) is 14.4 Å². The van der Waals surface area contributed by atoms with Crippen molar-refractivity contribution in [2.45, 2.75) is 89.4 Å². The number of fused-ring (bicyclic) bond motifs is 6. The smallest absolute Gasteiger partial charge is 0.306 e. The number of hydrogen-bond acceptors (Lipinski definition) is 5. The van der Waals surface area contributed by atoms with E-state index in [1.807, 2.05) is 6.08 Å². The third-order valence-electron chi connectivity index (χ3n) is 9.61. The highest BCUT2D eigenvalue weighted by Gasteiger charge is 2.68. The fourth-order valence-electron chi connectivity index (χ4n) is 8.13. The second-order valence-corrected chi connectivity index (χ2v) is 12.1. The van der Waals surface area contributed by atoms with Crippen molar-refractivity contribution in [2.24, 2.45) is 28.6 Å². The number of thioether (sulfide) groups is 1. The Hall–Kier alpha value is -1.10. The molecule has 1 unspecified atom stereocenters. The van der Waals surface area contributed by atoms with Gasteiger partial charge in [-0.1, -0.05) is 31.2 Å². The first-order valence-electron chi connectivity index (χ1n) is 11.3. The molecule has 0 amide bonds. The van der Waals surface area contributed by atoms with E-state index in [0.717, 1.165) is 44.9 Å². The summed E-state index contributed by atoms with van der Waals surface area (Å²) in [5.41, 5.74) is 1.09. The molecule has 0 bridgehead atoms. The Balaban J connectivity index is 1.56. The van der Waals surface area contributed by atoms with Gasteiger partial charge in [0.05, 0.1) is 0 Å². The van der Waals surface area contributed by atoms with Gasteiger partial charge in [-0.25, -0.2) is 0 Å². The monoisotopic (exact) mass is 416 g/mol. The van der Waals surface area contributed by atoms with Crippen LogP contribution in [0.4, 0.5) is 0 Å². The van der Waals surface area contributed by atoms with Crippen LogP contribution in [0, 0.1) is 28.6 Å². The molecule has 158 valence electrons. The highest BCUT2D eigenvalue weighted by Crippen LogP contribution is 2.70. The first-order valence-corrected chi connectivity index (χ1v) is 12.2. The summed E-state index contributed by atoms with van der Waals surface area (Å²) >= 11 is 1.50. The third-order valence-corrected chi connectivity index (χ3v) is 10.7. The molecule has 0 aromatic carbocycles. The third kappa shape index (κ3) is 2.68. The van der Waals surface area contributed by atoms with E-state index in [4.69, 9.17) is 4.74 Å². The zero-order valence-electron chi connectivity index (χ0n) is 17.8. The molecule has 0 radical (unpaired) electrons. The quantitative estimate of drug-likeness (QED) is 0.572.